The summed E-state index contributed by atoms with van der Waals surface area (Å²) in [5, 5.41) is 6.55. The van der Waals surface area contributed by atoms with Crippen molar-refractivity contribution in [3.63, 3.8) is 0 Å². The Hall–Kier alpha value is -2.91. The van der Waals surface area contributed by atoms with Gasteiger partial charge in [0.15, 0.2) is 5.13 Å². The second-order valence-electron chi connectivity index (χ2n) is 6.26. The average Bonchev–Trinajstić information content (AvgIpc) is 3.18. The quantitative estimate of drug-likeness (QED) is 0.433. The topological polar surface area (TPSA) is 24.9 Å². The van der Waals surface area contributed by atoms with Crippen LogP contribution in [0.1, 0.15) is 18.5 Å². The Morgan fingerprint density at radius 1 is 0.731 bits per heavy atom. The van der Waals surface area contributed by atoms with Gasteiger partial charge in [0.25, 0.3) is 0 Å². The molecule has 0 amide bonds. The van der Waals surface area contributed by atoms with Crippen LogP contribution in [0.2, 0.25) is 0 Å². The molecule has 2 nitrogen and oxygen atoms in total. The highest BCUT2D eigenvalue weighted by molar-refractivity contribution is 7.14. The summed E-state index contributed by atoms with van der Waals surface area (Å²) in [5.41, 5.74) is 5.87. The molecule has 1 aromatic heterocycles. The first-order valence-corrected chi connectivity index (χ1v) is 9.60. The molecule has 0 aliphatic rings. The van der Waals surface area contributed by atoms with Gasteiger partial charge >= 0.3 is 0 Å². The van der Waals surface area contributed by atoms with Crippen LogP contribution in [0.3, 0.4) is 0 Å². The molecule has 26 heavy (non-hydrogen) atoms. The molecule has 0 aliphatic heterocycles. The Bertz CT molecular complexity index is 960. The SMILES string of the molecule is C[C@@H](Nc1nc(-c2ccc(-c3ccccc3)cc2)cs1)c1ccccc1. The van der Waals surface area contributed by atoms with E-state index in [-0.39, 0.29) is 6.04 Å². The van der Waals surface area contributed by atoms with Crippen molar-refractivity contribution in [3.05, 3.63) is 95.9 Å². The van der Waals surface area contributed by atoms with E-state index < -0.39 is 0 Å². The molecule has 0 unspecified atom stereocenters. The Kier molecular flexibility index (Phi) is 4.80. The summed E-state index contributed by atoms with van der Waals surface area (Å²) in [6.45, 7) is 2.16. The lowest BCUT2D eigenvalue weighted by Gasteiger charge is -2.12. The molecule has 1 atom stereocenters. The molecule has 3 aromatic carbocycles. The number of thiazole rings is 1. The van der Waals surface area contributed by atoms with Gasteiger partial charge in [-0.05, 0) is 23.6 Å². The van der Waals surface area contributed by atoms with Gasteiger partial charge < -0.3 is 5.32 Å². The second kappa shape index (κ2) is 7.54. The monoisotopic (exact) mass is 356 g/mol. The normalized spacial score (nSPS) is 11.9. The zero-order valence-corrected chi connectivity index (χ0v) is 15.4. The molecule has 0 bridgehead atoms. The standard InChI is InChI=1S/C23H20N2S/c1-17(18-8-4-2-5-9-18)24-23-25-22(16-26-23)21-14-12-20(13-15-21)19-10-6-3-7-11-19/h2-17H,1H3,(H,24,25)/t17-/m1/s1. The van der Waals surface area contributed by atoms with Gasteiger partial charge in [0.1, 0.15) is 0 Å². The number of rotatable bonds is 5. The van der Waals surface area contributed by atoms with Gasteiger partial charge in [0.2, 0.25) is 0 Å². The summed E-state index contributed by atoms with van der Waals surface area (Å²) in [4.78, 5) is 4.76. The van der Waals surface area contributed by atoms with E-state index in [0.717, 1.165) is 16.4 Å². The third-order valence-corrected chi connectivity index (χ3v) is 5.21. The van der Waals surface area contributed by atoms with Crippen LogP contribution in [0.5, 0.6) is 0 Å². The predicted octanol–water partition coefficient (Wildman–Crippen LogP) is 6.65. The molecule has 3 heteroatoms. The highest BCUT2D eigenvalue weighted by Gasteiger charge is 2.09. The van der Waals surface area contributed by atoms with E-state index in [1.807, 2.05) is 12.1 Å². The minimum Gasteiger partial charge on any atom is -0.355 e. The van der Waals surface area contributed by atoms with Crippen molar-refractivity contribution in [1.82, 2.24) is 4.98 Å². The molecule has 0 spiro atoms. The number of hydrogen-bond acceptors (Lipinski definition) is 3. The van der Waals surface area contributed by atoms with Gasteiger partial charge in [-0.2, -0.15) is 0 Å². The van der Waals surface area contributed by atoms with E-state index >= 15 is 0 Å². The fourth-order valence-electron chi connectivity index (χ4n) is 2.95. The maximum Gasteiger partial charge on any atom is 0.183 e. The van der Waals surface area contributed by atoms with Gasteiger partial charge in [0.05, 0.1) is 11.7 Å². The molecule has 128 valence electrons. The molecule has 1 heterocycles. The molecular weight excluding hydrogens is 336 g/mol. The van der Waals surface area contributed by atoms with Crippen LogP contribution in [0.4, 0.5) is 5.13 Å². The lowest BCUT2D eigenvalue weighted by molar-refractivity contribution is 0.882. The summed E-state index contributed by atoms with van der Waals surface area (Å²) < 4.78 is 0. The molecule has 0 radical (unpaired) electrons. The number of aromatic nitrogens is 1. The molecule has 0 saturated carbocycles. The molecule has 4 rings (SSSR count). The Balaban J connectivity index is 1.49. The minimum absolute atomic E-state index is 0.232. The number of hydrogen-bond donors (Lipinski definition) is 1. The summed E-state index contributed by atoms with van der Waals surface area (Å²) in [6.07, 6.45) is 0. The van der Waals surface area contributed by atoms with Crippen molar-refractivity contribution >= 4 is 16.5 Å². The van der Waals surface area contributed by atoms with Crippen molar-refractivity contribution in [1.29, 1.82) is 0 Å². The van der Waals surface area contributed by atoms with Crippen molar-refractivity contribution in [2.75, 3.05) is 5.32 Å². The summed E-state index contributed by atoms with van der Waals surface area (Å²) in [7, 11) is 0. The van der Waals surface area contributed by atoms with Crippen LogP contribution in [0.15, 0.2) is 90.3 Å². The molecule has 1 N–H and O–H groups in total. The Labute approximate surface area is 158 Å². The van der Waals surface area contributed by atoms with Crippen molar-refractivity contribution < 1.29 is 0 Å². The van der Waals surface area contributed by atoms with Crippen LogP contribution < -0.4 is 5.32 Å². The average molecular weight is 356 g/mol. The number of benzene rings is 3. The van der Waals surface area contributed by atoms with E-state index in [9.17, 15) is 0 Å². The van der Waals surface area contributed by atoms with Gasteiger partial charge in [-0.25, -0.2) is 4.98 Å². The van der Waals surface area contributed by atoms with Gasteiger partial charge in [-0.15, -0.1) is 11.3 Å². The summed E-state index contributed by atoms with van der Waals surface area (Å²) >= 11 is 1.65. The maximum atomic E-state index is 4.76. The molecular formula is C23H20N2S. The lowest BCUT2D eigenvalue weighted by atomic mass is 10.0. The van der Waals surface area contributed by atoms with E-state index in [4.69, 9.17) is 4.98 Å². The molecule has 0 saturated heterocycles. The zero-order chi connectivity index (χ0) is 17.8. The van der Waals surface area contributed by atoms with Crippen LogP contribution in [0, 0.1) is 0 Å². The first-order chi connectivity index (χ1) is 12.8. The van der Waals surface area contributed by atoms with Crippen LogP contribution in [-0.2, 0) is 0 Å². The van der Waals surface area contributed by atoms with E-state index in [0.29, 0.717) is 0 Å². The van der Waals surface area contributed by atoms with Crippen molar-refractivity contribution in [3.8, 4) is 22.4 Å². The van der Waals surface area contributed by atoms with E-state index in [2.05, 4.69) is 90.4 Å². The molecule has 0 fully saturated rings. The summed E-state index contributed by atoms with van der Waals surface area (Å²) in [6, 6.07) is 29.7. The number of nitrogens with one attached hydrogen (secondary N) is 1. The minimum atomic E-state index is 0.232. The van der Waals surface area contributed by atoms with Crippen LogP contribution in [0.25, 0.3) is 22.4 Å². The summed E-state index contributed by atoms with van der Waals surface area (Å²) in [5.74, 6) is 0. The smallest absolute Gasteiger partial charge is 0.183 e. The number of nitrogens with zero attached hydrogens (tertiary/aromatic N) is 1. The van der Waals surface area contributed by atoms with Gasteiger partial charge in [-0.3, -0.25) is 0 Å². The maximum absolute atomic E-state index is 4.76. The predicted molar refractivity (Wildman–Crippen MR) is 111 cm³/mol. The first kappa shape index (κ1) is 16.6. The third kappa shape index (κ3) is 3.68. The van der Waals surface area contributed by atoms with Crippen molar-refractivity contribution in [2.45, 2.75) is 13.0 Å². The fourth-order valence-corrected chi connectivity index (χ4v) is 3.75. The third-order valence-electron chi connectivity index (χ3n) is 4.43. The largest absolute Gasteiger partial charge is 0.355 e. The Morgan fingerprint density at radius 2 is 1.31 bits per heavy atom. The molecule has 0 aliphatic carbocycles. The highest BCUT2D eigenvalue weighted by Crippen LogP contribution is 2.29. The van der Waals surface area contributed by atoms with E-state index in [1.165, 1.54) is 16.7 Å². The lowest BCUT2D eigenvalue weighted by Crippen LogP contribution is -2.05. The second-order valence-corrected chi connectivity index (χ2v) is 7.12. The number of anilines is 1. The first-order valence-electron chi connectivity index (χ1n) is 8.72. The fraction of sp³-hybridized carbons (Fsp3) is 0.0870. The highest BCUT2D eigenvalue weighted by atomic mass is 32.1. The van der Waals surface area contributed by atoms with Crippen molar-refractivity contribution in [2.24, 2.45) is 0 Å². The molecule has 4 aromatic rings. The zero-order valence-electron chi connectivity index (χ0n) is 14.6. The van der Waals surface area contributed by atoms with Gasteiger partial charge in [-0.1, -0.05) is 84.9 Å². The van der Waals surface area contributed by atoms with E-state index in [1.54, 1.807) is 11.3 Å². The van der Waals surface area contributed by atoms with Crippen LogP contribution >= 0.6 is 11.3 Å². The van der Waals surface area contributed by atoms with Crippen LogP contribution in [-0.4, -0.2) is 4.98 Å². The van der Waals surface area contributed by atoms with Gasteiger partial charge in [0, 0.05) is 10.9 Å². The Morgan fingerprint density at radius 3 is 2.00 bits per heavy atom.